The molecule has 2 rings (SSSR count). The summed E-state index contributed by atoms with van der Waals surface area (Å²) < 4.78 is 5.58. The van der Waals surface area contributed by atoms with Crippen LogP contribution < -0.4 is 5.32 Å². The molecule has 19 heavy (non-hydrogen) atoms. The average molecular weight is 256 g/mol. The molecule has 0 aliphatic rings. The van der Waals surface area contributed by atoms with E-state index in [9.17, 15) is 0 Å². The SMILES string of the molecule is CC(C)NCCc1nnc(-c2ccc(C#N)cc2)o1. The summed E-state index contributed by atoms with van der Waals surface area (Å²) in [7, 11) is 0. The molecule has 0 aliphatic heterocycles. The molecule has 2 aromatic rings. The van der Waals surface area contributed by atoms with Crippen molar-refractivity contribution >= 4 is 0 Å². The smallest absolute Gasteiger partial charge is 0.247 e. The van der Waals surface area contributed by atoms with Crippen LogP contribution in [0.5, 0.6) is 0 Å². The van der Waals surface area contributed by atoms with Gasteiger partial charge in [-0.05, 0) is 24.3 Å². The van der Waals surface area contributed by atoms with Crippen LogP contribution in [0.3, 0.4) is 0 Å². The molecule has 0 aliphatic carbocycles. The number of aromatic nitrogens is 2. The first kappa shape index (κ1) is 13.2. The first-order chi connectivity index (χ1) is 9.19. The van der Waals surface area contributed by atoms with E-state index in [0.717, 1.165) is 12.1 Å². The van der Waals surface area contributed by atoms with Gasteiger partial charge in [0.05, 0.1) is 11.6 Å². The Bertz CT molecular complexity index is 566. The molecule has 0 radical (unpaired) electrons. The predicted molar refractivity (Wildman–Crippen MR) is 71.3 cm³/mol. The van der Waals surface area contributed by atoms with Gasteiger partial charge in [-0.1, -0.05) is 13.8 Å². The van der Waals surface area contributed by atoms with Gasteiger partial charge in [-0.15, -0.1) is 10.2 Å². The van der Waals surface area contributed by atoms with Crippen molar-refractivity contribution in [3.63, 3.8) is 0 Å². The monoisotopic (exact) mass is 256 g/mol. The molecule has 0 saturated carbocycles. The van der Waals surface area contributed by atoms with Gasteiger partial charge in [-0.3, -0.25) is 0 Å². The van der Waals surface area contributed by atoms with Crippen molar-refractivity contribution in [2.75, 3.05) is 6.54 Å². The fourth-order valence-corrected chi connectivity index (χ4v) is 1.63. The number of hydrogen-bond acceptors (Lipinski definition) is 5. The highest BCUT2D eigenvalue weighted by atomic mass is 16.4. The number of nitrogens with one attached hydrogen (secondary N) is 1. The van der Waals surface area contributed by atoms with Gasteiger partial charge in [0.1, 0.15) is 0 Å². The van der Waals surface area contributed by atoms with Gasteiger partial charge in [0, 0.05) is 24.6 Å². The maximum Gasteiger partial charge on any atom is 0.247 e. The summed E-state index contributed by atoms with van der Waals surface area (Å²) in [4.78, 5) is 0. The van der Waals surface area contributed by atoms with Gasteiger partial charge in [0.2, 0.25) is 11.8 Å². The number of nitriles is 1. The van der Waals surface area contributed by atoms with Gasteiger partial charge < -0.3 is 9.73 Å². The fraction of sp³-hybridized carbons (Fsp3) is 0.357. The highest BCUT2D eigenvalue weighted by Gasteiger charge is 2.08. The Kier molecular flexibility index (Phi) is 4.26. The first-order valence-corrected chi connectivity index (χ1v) is 6.25. The third-order valence-corrected chi connectivity index (χ3v) is 2.62. The lowest BCUT2D eigenvalue weighted by molar-refractivity contribution is 0.484. The molecule has 1 aromatic carbocycles. The first-order valence-electron chi connectivity index (χ1n) is 6.25. The summed E-state index contributed by atoms with van der Waals surface area (Å²) in [5, 5.41) is 20.1. The van der Waals surface area contributed by atoms with Crippen molar-refractivity contribution in [3.05, 3.63) is 35.7 Å². The van der Waals surface area contributed by atoms with E-state index in [0.29, 0.717) is 29.8 Å². The number of benzene rings is 1. The molecular weight excluding hydrogens is 240 g/mol. The Hall–Kier alpha value is -2.19. The molecule has 1 N–H and O–H groups in total. The summed E-state index contributed by atoms with van der Waals surface area (Å²) >= 11 is 0. The van der Waals surface area contributed by atoms with Crippen LogP contribution in [-0.2, 0) is 6.42 Å². The molecule has 0 saturated heterocycles. The van der Waals surface area contributed by atoms with E-state index in [1.165, 1.54) is 0 Å². The Morgan fingerprint density at radius 1 is 1.26 bits per heavy atom. The van der Waals surface area contributed by atoms with Crippen LogP contribution in [0.2, 0.25) is 0 Å². The van der Waals surface area contributed by atoms with Crippen LogP contribution in [0.1, 0.15) is 25.3 Å². The Labute approximate surface area is 112 Å². The van der Waals surface area contributed by atoms with Crippen LogP contribution in [0.4, 0.5) is 0 Å². The van der Waals surface area contributed by atoms with Crippen molar-refractivity contribution in [1.29, 1.82) is 5.26 Å². The molecule has 0 bridgehead atoms. The molecule has 0 spiro atoms. The van der Waals surface area contributed by atoms with Crippen LogP contribution in [0.15, 0.2) is 28.7 Å². The fourth-order valence-electron chi connectivity index (χ4n) is 1.63. The maximum atomic E-state index is 8.74. The lowest BCUT2D eigenvalue weighted by Gasteiger charge is -2.04. The molecule has 0 atom stereocenters. The quantitative estimate of drug-likeness (QED) is 0.887. The summed E-state index contributed by atoms with van der Waals surface area (Å²) in [6.07, 6.45) is 0.710. The van der Waals surface area contributed by atoms with Crippen molar-refractivity contribution in [1.82, 2.24) is 15.5 Å². The molecular formula is C14H16N4O. The molecule has 1 heterocycles. The summed E-state index contributed by atoms with van der Waals surface area (Å²) in [5.41, 5.74) is 1.44. The minimum Gasteiger partial charge on any atom is -0.421 e. The molecule has 98 valence electrons. The molecule has 5 nitrogen and oxygen atoms in total. The van der Waals surface area contributed by atoms with Crippen molar-refractivity contribution < 1.29 is 4.42 Å². The maximum absolute atomic E-state index is 8.74. The highest BCUT2D eigenvalue weighted by Crippen LogP contribution is 2.18. The van der Waals surface area contributed by atoms with E-state index in [1.807, 2.05) is 12.1 Å². The van der Waals surface area contributed by atoms with E-state index in [2.05, 4.69) is 35.4 Å². The molecule has 0 fully saturated rings. The van der Waals surface area contributed by atoms with E-state index < -0.39 is 0 Å². The minimum absolute atomic E-state index is 0.445. The molecule has 1 aromatic heterocycles. The molecule has 0 amide bonds. The van der Waals surface area contributed by atoms with E-state index in [1.54, 1.807) is 12.1 Å². The summed E-state index contributed by atoms with van der Waals surface area (Å²) in [5.74, 6) is 1.11. The summed E-state index contributed by atoms with van der Waals surface area (Å²) in [6.45, 7) is 5.00. The summed E-state index contributed by atoms with van der Waals surface area (Å²) in [6, 6.07) is 9.61. The van der Waals surface area contributed by atoms with Gasteiger partial charge in [0.15, 0.2) is 0 Å². The van der Waals surface area contributed by atoms with Gasteiger partial charge in [0.25, 0.3) is 0 Å². The minimum atomic E-state index is 0.445. The zero-order valence-corrected chi connectivity index (χ0v) is 11.1. The second-order valence-corrected chi connectivity index (χ2v) is 4.55. The van der Waals surface area contributed by atoms with Crippen LogP contribution >= 0.6 is 0 Å². The zero-order valence-electron chi connectivity index (χ0n) is 11.1. The Morgan fingerprint density at radius 2 is 2.00 bits per heavy atom. The topological polar surface area (TPSA) is 74.7 Å². The molecule has 0 unspecified atom stereocenters. The van der Waals surface area contributed by atoms with Crippen molar-refractivity contribution in [2.24, 2.45) is 0 Å². The van der Waals surface area contributed by atoms with Crippen molar-refractivity contribution in [3.8, 4) is 17.5 Å². The van der Waals surface area contributed by atoms with E-state index in [-0.39, 0.29) is 0 Å². The van der Waals surface area contributed by atoms with Crippen molar-refractivity contribution in [2.45, 2.75) is 26.3 Å². The highest BCUT2D eigenvalue weighted by molar-refractivity contribution is 5.54. The molecule has 5 heteroatoms. The predicted octanol–water partition coefficient (Wildman–Crippen LogP) is 2.15. The normalized spacial score (nSPS) is 10.6. The van der Waals surface area contributed by atoms with E-state index >= 15 is 0 Å². The largest absolute Gasteiger partial charge is 0.421 e. The van der Waals surface area contributed by atoms with Gasteiger partial charge >= 0.3 is 0 Å². The van der Waals surface area contributed by atoms with Crippen LogP contribution in [0.25, 0.3) is 11.5 Å². The standard InChI is InChI=1S/C14H16N4O/c1-10(2)16-8-7-13-17-18-14(19-13)12-5-3-11(9-15)4-6-12/h3-6,10,16H,7-8H2,1-2H3. The lowest BCUT2D eigenvalue weighted by Crippen LogP contribution is -2.25. The van der Waals surface area contributed by atoms with Gasteiger partial charge in [-0.25, -0.2) is 0 Å². The second kappa shape index (κ2) is 6.12. The average Bonchev–Trinajstić information content (AvgIpc) is 2.87. The van der Waals surface area contributed by atoms with Crippen LogP contribution in [-0.4, -0.2) is 22.8 Å². The van der Waals surface area contributed by atoms with E-state index in [4.69, 9.17) is 9.68 Å². The third kappa shape index (κ3) is 3.63. The third-order valence-electron chi connectivity index (χ3n) is 2.62. The zero-order chi connectivity index (χ0) is 13.7. The second-order valence-electron chi connectivity index (χ2n) is 4.55. The lowest BCUT2D eigenvalue weighted by atomic mass is 10.1. The number of rotatable bonds is 5. The Balaban J connectivity index is 2.01. The van der Waals surface area contributed by atoms with Crippen LogP contribution in [0, 0.1) is 11.3 Å². The van der Waals surface area contributed by atoms with Gasteiger partial charge in [-0.2, -0.15) is 5.26 Å². The number of hydrogen-bond donors (Lipinski definition) is 1. The Morgan fingerprint density at radius 3 is 2.63 bits per heavy atom. The number of nitrogens with zero attached hydrogens (tertiary/aromatic N) is 3.